The highest BCUT2D eigenvalue weighted by atomic mass is 16.6. The average molecular weight is 753 g/mol. The molecular formula is C48H80O6. The number of carbonyl (C=O) groups excluding carboxylic acids is 3. The molecule has 0 spiro atoms. The number of hydrogen-bond donors (Lipinski definition) is 0. The van der Waals surface area contributed by atoms with Crippen molar-refractivity contribution in [2.75, 3.05) is 13.2 Å². The summed E-state index contributed by atoms with van der Waals surface area (Å²) in [5.41, 5.74) is 0. The maximum absolute atomic E-state index is 12.6. The van der Waals surface area contributed by atoms with Crippen molar-refractivity contribution in [3.05, 3.63) is 72.9 Å². The largest absolute Gasteiger partial charge is 0.462 e. The molecule has 54 heavy (non-hydrogen) atoms. The standard InChI is InChI=1S/C48H80O6/c1-4-7-10-13-16-19-22-23-24-25-26-27-30-32-35-38-41-47(50)53-44-45(54-48(51)42-39-36-33-29-21-18-15-12-9-6-3)43-52-46(49)40-37-34-31-28-20-17-14-11-8-5-2/h7,10,15-16,18-19,23-24,26-27,32,35,45H,4-6,8-9,11-14,17,20-22,25,28-31,33-34,36-44H2,1-3H3/b10-7-,18-15-,19-16-,24-23-,27-26-,35-32-. The molecule has 0 aromatic rings. The Morgan fingerprint density at radius 1 is 0.389 bits per heavy atom. The van der Waals surface area contributed by atoms with Crippen molar-refractivity contribution in [2.45, 2.75) is 200 Å². The van der Waals surface area contributed by atoms with Gasteiger partial charge in [0, 0.05) is 19.3 Å². The Morgan fingerprint density at radius 3 is 1.30 bits per heavy atom. The van der Waals surface area contributed by atoms with E-state index >= 15 is 0 Å². The summed E-state index contributed by atoms with van der Waals surface area (Å²) in [5.74, 6) is -1.01. The van der Waals surface area contributed by atoms with Crippen molar-refractivity contribution in [2.24, 2.45) is 0 Å². The summed E-state index contributed by atoms with van der Waals surface area (Å²) >= 11 is 0. The second-order valence-corrected chi connectivity index (χ2v) is 14.2. The van der Waals surface area contributed by atoms with E-state index in [-0.39, 0.29) is 37.5 Å². The Labute approximate surface area is 332 Å². The summed E-state index contributed by atoms with van der Waals surface area (Å²) in [6.45, 7) is 6.36. The third kappa shape index (κ3) is 40.0. The van der Waals surface area contributed by atoms with Crippen LogP contribution < -0.4 is 0 Å². The van der Waals surface area contributed by atoms with Crippen LogP contribution in [0.15, 0.2) is 72.9 Å². The van der Waals surface area contributed by atoms with E-state index in [1.54, 1.807) is 0 Å². The van der Waals surface area contributed by atoms with E-state index in [0.29, 0.717) is 19.3 Å². The van der Waals surface area contributed by atoms with Crippen LogP contribution in [0.3, 0.4) is 0 Å². The zero-order valence-corrected chi connectivity index (χ0v) is 35.0. The van der Waals surface area contributed by atoms with Gasteiger partial charge in [0.15, 0.2) is 6.10 Å². The predicted octanol–water partition coefficient (Wildman–Crippen LogP) is 13.9. The topological polar surface area (TPSA) is 78.9 Å². The summed E-state index contributed by atoms with van der Waals surface area (Å²) in [7, 11) is 0. The molecule has 0 amide bonds. The molecule has 6 heteroatoms. The van der Waals surface area contributed by atoms with Crippen LogP contribution in [0.25, 0.3) is 0 Å². The lowest BCUT2D eigenvalue weighted by Gasteiger charge is -2.18. The average Bonchev–Trinajstić information content (AvgIpc) is 3.17. The van der Waals surface area contributed by atoms with Crippen LogP contribution in [0, 0.1) is 0 Å². The number of carbonyl (C=O) groups is 3. The Kier molecular flexibility index (Phi) is 40.1. The van der Waals surface area contributed by atoms with E-state index in [4.69, 9.17) is 14.2 Å². The van der Waals surface area contributed by atoms with Gasteiger partial charge < -0.3 is 14.2 Å². The van der Waals surface area contributed by atoms with Crippen molar-refractivity contribution < 1.29 is 28.6 Å². The normalized spacial score (nSPS) is 12.7. The molecule has 0 aromatic carbocycles. The highest BCUT2D eigenvalue weighted by Crippen LogP contribution is 2.13. The first-order chi connectivity index (χ1) is 26.5. The van der Waals surface area contributed by atoms with Gasteiger partial charge in [-0.05, 0) is 70.6 Å². The van der Waals surface area contributed by atoms with E-state index < -0.39 is 6.10 Å². The molecule has 1 unspecified atom stereocenters. The summed E-state index contributed by atoms with van der Waals surface area (Å²) in [6, 6.07) is 0. The molecule has 1 atom stereocenters. The maximum Gasteiger partial charge on any atom is 0.306 e. The molecule has 0 radical (unpaired) electrons. The smallest absolute Gasteiger partial charge is 0.306 e. The number of rotatable bonds is 38. The number of ether oxygens (including phenoxy) is 3. The summed E-state index contributed by atoms with van der Waals surface area (Å²) in [6.07, 6.45) is 51.8. The summed E-state index contributed by atoms with van der Waals surface area (Å²) in [4.78, 5) is 37.6. The fraction of sp³-hybridized carbons (Fsp3) is 0.688. The van der Waals surface area contributed by atoms with Gasteiger partial charge in [-0.15, -0.1) is 0 Å². The summed E-state index contributed by atoms with van der Waals surface area (Å²) < 4.78 is 16.6. The van der Waals surface area contributed by atoms with Gasteiger partial charge in [-0.3, -0.25) is 14.4 Å². The first kappa shape index (κ1) is 50.9. The highest BCUT2D eigenvalue weighted by Gasteiger charge is 2.19. The Hall–Kier alpha value is -3.15. The zero-order chi connectivity index (χ0) is 39.4. The van der Waals surface area contributed by atoms with E-state index in [1.807, 2.05) is 12.2 Å². The lowest BCUT2D eigenvalue weighted by atomic mass is 10.1. The zero-order valence-electron chi connectivity index (χ0n) is 35.0. The lowest BCUT2D eigenvalue weighted by molar-refractivity contribution is -0.166. The summed E-state index contributed by atoms with van der Waals surface area (Å²) in [5, 5.41) is 0. The van der Waals surface area contributed by atoms with Gasteiger partial charge in [0.25, 0.3) is 0 Å². The van der Waals surface area contributed by atoms with E-state index in [2.05, 4.69) is 81.5 Å². The van der Waals surface area contributed by atoms with Crippen LogP contribution >= 0.6 is 0 Å². The van der Waals surface area contributed by atoms with Crippen LogP contribution in [0.1, 0.15) is 194 Å². The van der Waals surface area contributed by atoms with Gasteiger partial charge in [-0.2, -0.15) is 0 Å². The van der Waals surface area contributed by atoms with Crippen molar-refractivity contribution >= 4 is 17.9 Å². The first-order valence-corrected chi connectivity index (χ1v) is 21.9. The monoisotopic (exact) mass is 753 g/mol. The van der Waals surface area contributed by atoms with Crippen LogP contribution in [0.2, 0.25) is 0 Å². The number of allylic oxidation sites excluding steroid dienone is 12. The molecule has 0 aromatic heterocycles. The Morgan fingerprint density at radius 2 is 0.778 bits per heavy atom. The highest BCUT2D eigenvalue weighted by molar-refractivity contribution is 5.71. The maximum atomic E-state index is 12.6. The SMILES string of the molecule is CC/C=C\C/C=C\C/C=C\C/C=C\C/C=C\CCC(=O)OCC(COC(=O)CCCCCCCCCCCC)OC(=O)CCCCCC/C=C\CCCC. The van der Waals surface area contributed by atoms with Crippen LogP contribution in [-0.2, 0) is 28.6 Å². The van der Waals surface area contributed by atoms with E-state index in [0.717, 1.165) is 89.9 Å². The molecule has 0 aliphatic carbocycles. The molecule has 0 rings (SSSR count). The van der Waals surface area contributed by atoms with Gasteiger partial charge in [0.2, 0.25) is 0 Å². The van der Waals surface area contributed by atoms with Crippen molar-refractivity contribution in [1.29, 1.82) is 0 Å². The van der Waals surface area contributed by atoms with Gasteiger partial charge >= 0.3 is 17.9 Å². The van der Waals surface area contributed by atoms with Gasteiger partial charge in [-0.25, -0.2) is 0 Å². The van der Waals surface area contributed by atoms with Crippen LogP contribution in [-0.4, -0.2) is 37.2 Å². The van der Waals surface area contributed by atoms with Crippen molar-refractivity contribution in [1.82, 2.24) is 0 Å². The molecule has 0 bridgehead atoms. The third-order valence-electron chi connectivity index (χ3n) is 8.96. The van der Waals surface area contributed by atoms with Crippen molar-refractivity contribution in [3.63, 3.8) is 0 Å². The second kappa shape index (κ2) is 42.6. The molecule has 308 valence electrons. The van der Waals surface area contributed by atoms with Crippen LogP contribution in [0.4, 0.5) is 0 Å². The third-order valence-corrected chi connectivity index (χ3v) is 8.96. The number of esters is 3. The molecule has 0 aliphatic rings. The molecular weight excluding hydrogens is 673 g/mol. The molecule has 0 saturated carbocycles. The molecule has 0 saturated heterocycles. The van der Waals surface area contributed by atoms with E-state index in [1.165, 1.54) is 57.8 Å². The first-order valence-electron chi connectivity index (χ1n) is 21.9. The fourth-order valence-corrected chi connectivity index (χ4v) is 5.65. The molecule has 0 N–H and O–H groups in total. The fourth-order valence-electron chi connectivity index (χ4n) is 5.65. The quantitative estimate of drug-likeness (QED) is 0.0270. The molecule has 0 aliphatic heterocycles. The minimum absolute atomic E-state index is 0.102. The molecule has 0 heterocycles. The molecule has 0 fully saturated rings. The van der Waals surface area contributed by atoms with E-state index in [9.17, 15) is 14.4 Å². The van der Waals surface area contributed by atoms with Gasteiger partial charge in [0.05, 0.1) is 0 Å². The van der Waals surface area contributed by atoms with Gasteiger partial charge in [-0.1, -0.05) is 177 Å². The molecule has 6 nitrogen and oxygen atoms in total. The Bertz CT molecular complexity index is 1050. The predicted molar refractivity (Wildman–Crippen MR) is 228 cm³/mol. The second-order valence-electron chi connectivity index (χ2n) is 14.2. The van der Waals surface area contributed by atoms with Crippen molar-refractivity contribution in [3.8, 4) is 0 Å². The lowest BCUT2D eigenvalue weighted by Crippen LogP contribution is -2.30. The van der Waals surface area contributed by atoms with Gasteiger partial charge in [0.1, 0.15) is 13.2 Å². The number of unbranched alkanes of at least 4 members (excludes halogenated alkanes) is 15. The minimum atomic E-state index is -0.805. The minimum Gasteiger partial charge on any atom is -0.462 e. The Balaban J connectivity index is 4.49. The van der Waals surface area contributed by atoms with Crippen LogP contribution in [0.5, 0.6) is 0 Å². The number of hydrogen-bond acceptors (Lipinski definition) is 6.